The normalized spacial score (nSPS) is 10.4. The topological polar surface area (TPSA) is 49.3 Å². The molecule has 2 aromatic carbocycles. The molecule has 0 saturated heterocycles. The van der Waals surface area contributed by atoms with Crippen LogP contribution in [0.15, 0.2) is 30.3 Å². The van der Waals surface area contributed by atoms with Crippen LogP contribution >= 0.6 is 0 Å². The number of hydrogen-bond acceptors (Lipinski definition) is 2. The van der Waals surface area contributed by atoms with Gasteiger partial charge in [0.2, 0.25) is 0 Å². The zero-order valence-electron chi connectivity index (χ0n) is 12.2. The molecule has 0 heterocycles. The van der Waals surface area contributed by atoms with Crippen LogP contribution in [0, 0.1) is 27.7 Å². The van der Waals surface area contributed by atoms with Crippen molar-refractivity contribution in [2.75, 3.05) is 5.32 Å². The van der Waals surface area contributed by atoms with Crippen molar-refractivity contribution < 1.29 is 9.90 Å². The minimum Gasteiger partial charge on any atom is -0.508 e. The van der Waals surface area contributed by atoms with Crippen LogP contribution in [0.1, 0.15) is 32.6 Å². The van der Waals surface area contributed by atoms with Crippen LogP contribution in [0.4, 0.5) is 5.69 Å². The lowest BCUT2D eigenvalue weighted by molar-refractivity contribution is 0.102. The van der Waals surface area contributed by atoms with Crippen LogP contribution in [-0.4, -0.2) is 11.0 Å². The molecule has 0 aliphatic heterocycles. The number of nitrogens with one attached hydrogen (secondary N) is 1. The lowest BCUT2D eigenvalue weighted by Crippen LogP contribution is -2.15. The first-order valence-electron chi connectivity index (χ1n) is 6.58. The molecule has 2 aromatic rings. The molecule has 0 fully saturated rings. The van der Waals surface area contributed by atoms with Crippen molar-refractivity contribution in [3.05, 3.63) is 58.1 Å². The van der Waals surface area contributed by atoms with Crippen LogP contribution in [0.25, 0.3) is 0 Å². The summed E-state index contributed by atoms with van der Waals surface area (Å²) in [5.74, 6) is -0.0662. The number of benzene rings is 2. The largest absolute Gasteiger partial charge is 0.508 e. The number of carbonyl (C=O) groups is 1. The van der Waals surface area contributed by atoms with Crippen LogP contribution in [-0.2, 0) is 0 Å². The van der Waals surface area contributed by atoms with Crippen LogP contribution in [0.3, 0.4) is 0 Å². The molecule has 0 aliphatic carbocycles. The van der Waals surface area contributed by atoms with Gasteiger partial charge in [0.25, 0.3) is 5.91 Å². The maximum Gasteiger partial charge on any atom is 0.256 e. The number of anilines is 1. The van der Waals surface area contributed by atoms with E-state index in [1.54, 1.807) is 25.1 Å². The zero-order chi connectivity index (χ0) is 14.9. The Hall–Kier alpha value is -2.29. The summed E-state index contributed by atoms with van der Waals surface area (Å²) in [5, 5.41) is 12.6. The van der Waals surface area contributed by atoms with Crippen molar-refractivity contribution in [1.82, 2.24) is 0 Å². The van der Waals surface area contributed by atoms with Gasteiger partial charge in [0.05, 0.1) is 0 Å². The minimum absolute atomic E-state index is 0.134. The number of hydrogen-bond donors (Lipinski definition) is 2. The number of aromatic hydroxyl groups is 1. The fourth-order valence-corrected chi connectivity index (χ4v) is 2.43. The number of amides is 1. The first-order valence-corrected chi connectivity index (χ1v) is 6.58. The Balaban J connectivity index is 2.36. The van der Waals surface area contributed by atoms with E-state index in [4.69, 9.17) is 0 Å². The predicted octanol–water partition coefficient (Wildman–Crippen LogP) is 3.88. The Kier molecular flexibility index (Phi) is 3.79. The molecule has 0 bridgehead atoms. The Morgan fingerprint density at radius 1 is 1.05 bits per heavy atom. The molecule has 0 spiro atoms. The second kappa shape index (κ2) is 5.37. The number of rotatable bonds is 2. The molecule has 1 amide bonds. The molecule has 0 saturated carbocycles. The molecule has 20 heavy (non-hydrogen) atoms. The van der Waals surface area contributed by atoms with Gasteiger partial charge in [-0.1, -0.05) is 23.8 Å². The zero-order valence-corrected chi connectivity index (χ0v) is 12.2. The average Bonchev–Trinajstić information content (AvgIpc) is 2.36. The molecule has 0 atom stereocenters. The first-order chi connectivity index (χ1) is 9.40. The third kappa shape index (κ3) is 2.67. The highest BCUT2D eigenvalue weighted by atomic mass is 16.3. The van der Waals surface area contributed by atoms with Crippen LogP contribution < -0.4 is 5.32 Å². The van der Waals surface area contributed by atoms with Gasteiger partial charge in [-0.25, -0.2) is 0 Å². The summed E-state index contributed by atoms with van der Waals surface area (Å²) in [6.45, 7) is 7.72. The van der Waals surface area contributed by atoms with E-state index in [0.29, 0.717) is 11.1 Å². The average molecular weight is 269 g/mol. The van der Waals surface area contributed by atoms with E-state index < -0.39 is 0 Å². The fourth-order valence-electron chi connectivity index (χ4n) is 2.43. The lowest BCUT2D eigenvalue weighted by atomic mass is 10.0. The summed E-state index contributed by atoms with van der Waals surface area (Å²) in [7, 11) is 0. The summed E-state index contributed by atoms with van der Waals surface area (Å²) in [5.41, 5.74) is 5.16. The van der Waals surface area contributed by atoms with Gasteiger partial charge in [-0.15, -0.1) is 0 Å². The number of phenolic OH excluding ortho intramolecular Hbond substituents is 1. The molecular formula is C17H19NO2. The maximum absolute atomic E-state index is 12.4. The van der Waals surface area contributed by atoms with E-state index in [9.17, 15) is 9.90 Å². The molecule has 3 nitrogen and oxygen atoms in total. The number of aryl methyl sites for hydroxylation is 3. The van der Waals surface area contributed by atoms with E-state index in [-0.39, 0.29) is 11.7 Å². The summed E-state index contributed by atoms with van der Waals surface area (Å²) >= 11 is 0. The van der Waals surface area contributed by atoms with Crippen molar-refractivity contribution in [3.8, 4) is 5.75 Å². The van der Waals surface area contributed by atoms with E-state index in [1.165, 1.54) is 5.56 Å². The SMILES string of the molecule is Cc1cc(C)c(NC(=O)c2cccc(O)c2C)c(C)c1. The van der Waals surface area contributed by atoms with E-state index in [1.807, 2.05) is 32.9 Å². The number of phenols is 1. The van der Waals surface area contributed by atoms with Crippen LogP contribution in [0.5, 0.6) is 5.75 Å². The number of carbonyl (C=O) groups excluding carboxylic acids is 1. The van der Waals surface area contributed by atoms with E-state index in [0.717, 1.165) is 16.8 Å². The molecule has 0 unspecified atom stereocenters. The third-order valence-corrected chi connectivity index (χ3v) is 3.47. The van der Waals surface area contributed by atoms with Crippen LogP contribution in [0.2, 0.25) is 0 Å². The summed E-state index contributed by atoms with van der Waals surface area (Å²) in [4.78, 5) is 12.4. The highest BCUT2D eigenvalue weighted by Crippen LogP contribution is 2.25. The fraction of sp³-hybridized carbons (Fsp3) is 0.235. The van der Waals surface area contributed by atoms with Gasteiger partial charge < -0.3 is 10.4 Å². The van der Waals surface area contributed by atoms with Gasteiger partial charge in [0, 0.05) is 16.8 Å². The Morgan fingerprint density at radius 2 is 1.65 bits per heavy atom. The van der Waals surface area contributed by atoms with Gasteiger partial charge in [-0.05, 0) is 51.0 Å². The van der Waals surface area contributed by atoms with Gasteiger partial charge >= 0.3 is 0 Å². The molecule has 104 valence electrons. The van der Waals surface area contributed by atoms with Crippen molar-refractivity contribution in [2.24, 2.45) is 0 Å². The molecule has 2 N–H and O–H groups in total. The van der Waals surface area contributed by atoms with Gasteiger partial charge in [-0.3, -0.25) is 4.79 Å². The van der Waals surface area contributed by atoms with E-state index >= 15 is 0 Å². The monoisotopic (exact) mass is 269 g/mol. The van der Waals surface area contributed by atoms with Crippen molar-refractivity contribution in [1.29, 1.82) is 0 Å². The Bertz CT molecular complexity index is 652. The Morgan fingerprint density at radius 3 is 2.25 bits per heavy atom. The predicted molar refractivity (Wildman–Crippen MR) is 81.5 cm³/mol. The smallest absolute Gasteiger partial charge is 0.256 e. The minimum atomic E-state index is -0.201. The summed E-state index contributed by atoms with van der Waals surface area (Å²) < 4.78 is 0. The molecule has 0 aromatic heterocycles. The van der Waals surface area contributed by atoms with Crippen molar-refractivity contribution in [3.63, 3.8) is 0 Å². The maximum atomic E-state index is 12.4. The first kappa shape index (κ1) is 14.1. The highest BCUT2D eigenvalue weighted by Gasteiger charge is 2.13. The van der Waals surface area contributed by atoms with Crippen molar-refractivity contribution in [2.45, 2.75) is 27.7 Å². The van der Waals surface area contributed by atoms with Gasteiger partial charge in [-0.2, -0.15) is 0 Å². The standard InChI is InChI=1S/C17H19NO2/c1-10-8-11(2)16(12(3)9-10)18-17(20)14-6-5-7-15(19)13(14)4/h5-9,19H,1-4H3,(H,18,20). The van der Waals surface area contributed by atoms with Gasteiger partial charge in [0.1, 0.15) is 5.75 Å². The summed E-state index contributed by atoms with van der Waals surface area (Å²) in [6, 6.07) is 9.04. The van der Waals surface area contributed by atoms with Gasteiger partial charge in [0.15, 0.2) is 0 Å². The molecule has 2 rings (SSSR count). The second-order valence-electron chi connectivity index (χ2n) is 5.18. The van der Waals surface area contributed by atoms with E-state index in [2.05, 4.69) is 5.32 Å². The molecule has 0 radical (unpaired) electrons. The lowest BCUT2D eigenvalue weighted by Gasteiger charge is -2.14. The molecule has 0 aliphatic rings. The molecular weight excluding hydrogens is 250 g/mol. The Labute approximate surface area is 119 Å². The second-order valence-corrected chi connectivity index (χ2v) is 5.18. The molecule has 3 heteroatoms. The third-order valence-electron chi connectivity index (χ3n) is 3.47. The summed E-state index contributed by atoms with van der Waals surface area (Å²) in [6.07, 6.45) is 0. The quantitative estimate of drug-likeness (QED) is 0.869. The highest BCUT2D eigenvalue weighted by molar-refractivity contribution is 6.06. The van der Waals surface area contributed by atoms with Crippen molar-refractivity contribution >= 4 is 11.6 Å².